The van der Waals surface area contributed by atoms with Crippen molar-refractivity contribution in [2.75, 3.05) is 0 Å². The monoisotopic (exact) mass is 685 g/mol. The van der Waals surface area contributed by atoms with Crippen molar-refractivity contribution in [2.45, 2.75) is 0 Å². The fourth-order valence-electron chi connectivity index (χ4n) is 7.42. The highest BCUT2D eigenvalue weighted by Crippen LogP contribution is 2.44. The molecule has 0 unspecified atom stereocenters. The summed E-state index contributed by atoms with van der Waals surface area (Å²) in [5.74, 6) is 1.52. The normalized spacial score (nSPS) is 11.5. The standard InChI is InChI=1S/C45H27N5O3/c51-50(52)37-21-11-7-17-31(37)34-27-30(45-47-43(28-13-3-1-4-14-28)46-44(48-45)29-15-5-2-6-16-29)23-24-36(34)49-35-20-10-8-18-32(35)41-38(49)25-26-40-42(41)33-19-9-12-22-39(33)53-40/h1-27H. The molecule has 0 atom stereocenters. The Morgan fingerprint density at radius 2 is 1.09 bits per heavy atom. The summed E-state index contributed by atoms with van der Waals surface area (Å²) in [6.45, 7) is 0. The zero-order chi connectivity index (χ0) is 35.5. The zero-order valence-corrected chi connectivity index (χ0v) is 28.0. The van der Waals surface area contributed by atoms with E-state index in [1.54, 1.807) is 18.2 Å². The number of hydrogen-bond acceptors (Lipinski definition) is 6. The van der Waals surface area contributed by atoms with Gasteiger partial charge in [-0.05, 0) is 48.5 Å². The van der Waals surface area contributed by atoms with E-state index in [0.29, 0.717) is 34.2 Å². The quantitative estimate of drug-likeness (QED) is 0.128. The van der Waals surface area contributed by atoms with Gasteiger partial charge in [0, 0.05) is 49.9 Å². The molecule has 0 saturated carbocycles. The molecule has 0 fully saturated rings. The summed E-state index contributed by atoms with van der Waals surface area (Å²) in [4.78, 5) is 27.0. The summed E-state index contributed by atoms with van der Waals surface area (Å²) in [7, 11) is 0. The van der Waals surface area contributed by atoms with Crippen LogP contribution in [0.25, 0.3) is 94.7 Å². The molecular weight excluding hydrogens is 659 g/mol. The van der Waals surface area contributed by atoms with E-state index < -0.39 is 0 Å². The molecule has 8 heteroatoms. The number of hydrogen-bond donors (Lipinski definition) is 0. The predicted octanol–water partition coefficient (Wildman–Crippen LogP) is 11.4. The molecule has 0 aliphatic heterocycles. The first kappa shape index (κ1) is 30.4. The number of aromatic nitrogens is 4. The Morgan fingerprint density at radius 1 is 0.491 bits per heavy atom. The van der Waals surface area contributed by atoms with E-state index in [0.717, 1.165) is 60.6 Å². The second-order valence-electron chi connectivity index (χ2n) is 12.8. The van der Waals surface area contributed by atoms with Crippen LogP contribution in [-0.2, 0) is 0 Å². The van der Waals surface area contributed by atoms with Gasteiger partial charge in [0.15, 0.2) is 17.5 Å². The van der Waals surface area contributed by atoms with Gasteiger partial charge in [-0.3, -0.25) is 10.1 Å². The minimum absolute atomic E-state index is 0.000446. The van der Waals surface area contributed by atoms with Crippen molar-refractivity contribution in [1.82, 2.24) is 19.5 Å². The number of furan rings is 1. The molecule has 0 bridgehead atoms. The molecule has 8 nitrogen and oxygen atoms in total. The Morgan fingerprint density at radius 3 is 1.81 bits per heavy atom. The van der Waals surface area contributed by atoms with Gasteiger partial charge < -0.3 is 8.98 Å². The molecule has 7 aromatic carbocycles. The van der Waals surface area contributed by atoms with Crippen molar-refractivity contribution < 1.29 is 9.34 Å². The molecule has 53 heavy (non-hydrogen) atoms. The topological polar surface area (TPSA) is 99.9 Å². The van der Waals surface area contributed by atoms with E-state index in [4.69, 9.17) is 19.4 Å². The second-order valence-corrected chi connectivity index (χ2v) is 12.8. The zero-order valence-electron chi connectivity index (χ0n) is 28.0. The fraction of sp³-hybridized carbons (Fsp3) is 0. The third-order valence-electron chi connectivity index (χ3n) is 9.76. The SMILES string of the molecule is O=[N+]([O-])c1ccccc1-c1cc(-c2nc(-c3ccccc3)nc(-c3ccccc3)n2)ccc1-n1c2ccccc2c2c3c(ccc21)oc1ccccc13. The van der Waals surface area contributed by atoms with Gasteiger partial charge in [0.05, 0.1) is 27.2 Å². The maximum Gasteiger partial charge on any atom is 0.277 e. The highest BCUT2D eigenvalue weighted by Gasteiger charge is 2.24. The first-order chi connectivity index (χ1) is 26.1. The Bertz CT molecular complexity index is 2980. The van der Waals surface area contributed by atoms with Crippen LogP contribution in [0.5, 0.6) is 0 Å². The van der Waals surface area contributed by atoms with Gasteiger partial charge in [-0.2, -0.15) is 0 Å². The van der Waals surface area contributed by atoms with E-state index in [1.165, 1.54) is 0 Å². The largest absolute Gasteiger partial charge is 0.456 e. The van der Waals surface area contributed by atoms with Crippen LogP contribution in [0.4, 0.5) is 5.69 Å². The average Bonchev–Trinajstić information content (AvgIpc) is 3.77. The van der Waals surface area contributed by atoms with Gasteiger partial charge >= 0.3 is 0 Å². The number of rotatable bonds is 6. The number of fused-ring (bicyclic) bond motifs is 7. The Hall–Kier alpha value is -7.45. The van der Waals surface area contributed by atoms with Crippen molar-refractivity contribution >= 4 is 49.4 Å². The average molecular weight is 686 g/mol. The van der Waals surface area contributed by atoms with Gasteiger partial charge in [0.2, 0.25) is 0 Å². The van der Waals surface area contributed by atoms with Crippen LogP contribution in [0, 0.1) is 10.1 Å². The number of nitrogens with zero attached hydrogens (tertiary/aromatic N) is 5. The molecule has 0 aliphatic carbocycles. The molecule has 0 spiro atoms. The van der Waals surface area contributed by atoms with Crippen LogP contribution in [0.2, 0.25) is 0 Å². The molecule has 0 amide bonds. The molecule has 10 aromatic rings. The number of nitro groups is 1. The van der Waals surface area contributed by atoms with E-state index in [1.807, 2.05) is 121 Å². The molecule has 0 N–H and O–H groups in total. The Kier molecular flexibility index (Phi) is 6.94. The second kappa shape index (κ2) is 12.1. The molecule has 10 rings (SSSR count). The van der Waals surface area contributed by atoms with Crippen molar-refractivity contribution in [1.29, 1.82) is 0 Å². The van der Waals surface area contributed by atoms with Crippen LogP contribution in [0.15, 0.2) is 168 Å². The third-order valence-corrected chi connectivity index (χ3v) is 9.76. The van der Waals surface area contributed by atoms with Crippen LogP contribution in [0.1, 0.15) is 0 Å². The van der Waals surface area contributed by atoms with E-state index in [9.17, 15) is 10.1 Å². The number of para-hydroxylation sites is 3. The lowest BCUT2D eigenvalue weighted by atomic mass is 9.98. The summed E-state index contributed by atoms with van der Waals surface area (Å²) in [6.07, 6.45) is 0. The predicted molar refractivity (Wildman–Crippen MR) is 210 cm³/mol. The van der Waals surface area contributed by atoms with Crippen LogP contribution < -0.4 is 0 Å². The van der Waals surface area contributed by atoms with Crippen LogP contribution >= 0.6 is 0 Å². The minimum Gasteiger partial charge on any atom is -0.456 e. The molecule has 250 valence electrons. The van der Waals surface area contributed by atoms with E-state index >= 15 is 0 Å². The Balaban J connectivity index is 1.28. The lowest BCUT2D eigenvalue weighted by molar-refractivity contribution is -0.384. The lowest BCUT2D eigenvalue weighted by Gasteiger charge is -2.16. The number of nitro benzene ring substituents is 1. The van der Waals surface area contributed by atoms with Crippen molar-refractivity contribution in [3.63, 3.8) is 0 Å². The summed E-state index contributed by atoms with van der Waals surface area (Å²) in [5, 5.41) is 16.7. The molecular formula is C45H27N5O3. The molecule has 3 aromatic heterocycles. The van der Waals surface area contributed by atoms with Gasteiger partial charge in [0.1, 0.15) is 11.2 Å². The summed E-state index contributed by atoms with van der Waals surface area (Å²) in [5.41, 5.74) is 7.87. The fourth-order valence-corrected chi connectivity index (χ4v) is 7.42. The molecule has 3 heterocycles. The molecule has 0 saturated heterocycles. The van der Waals surface area contributed by atoms with E-state index in [2.05, 4.69) is 28.8 Å². The molecule has 0 aliphatic rings. The van der Waals surface area contributed by atoms with Gasteiger partial charge in [-0.15, -0.1) is 0 Å². The lowest BCUT2D eigenvalue weighted by Crippen LogP contribution is -2.02. The maximum atomic E-state index is 12.6. The minimum atomic E-state index is -0.331. The summed E-state index contributed by atoms with van der Waals surface area (Å²) >= 11 is 0. The smallest absolute Gasteiger partial charge is 0.277 e. The summed E-state index contributed by atoms with van der Waals surface area (Å²) < 4.78 is 8.50. The third kappa shape index (κ3) is 4.96. The van der Waals surface area contributed by atoms with Gasteiger partial charge in [-0.25, -0.2) is 15.0 Å². The first-order valence-electron chi connectivity index (χ1n) is 17.2. The Labute approximate surface area is 302 Å². The number of benzene rings is 7. The van der Waals surface area contributed by atoms with Crippen LogP contribution in [-0.4, -0.2) is 24.4 Å². The van der Waals surface area contributed by atoms with Crippen molar-refractivity contribution in [3.8, 4) is 51.0 Å². The van der Waals surface area contributed by atoms with Gasteiger partial charge in [-0.1, -0.05) is 109 Å². The van der Waals surface area contributed by atoms with Crippen molar-refractivity contribution in [3.05, 3.63) is 174 Å². The van der Waals surface area contributed by atoms with Crippen molar-refractivity contribution in [2.24, 2.45) is 0 Å². The van der Waals surface area contributed by atoms with E-state index in [-0.39, 0.29) is 10.6 Å². The van der Waals surface area contributed by atoms with Gasteiger partial charge in [0.25, 0.3) is 5.69 Å². The highest BCUT2D eigenvalue weighted by molar-refractivity contribution is 6.27. The maximum absolute atomic E-state index is 12.6. The summed E-state index contributed by atoms with van der Waals surface area (Å²) in [6, 6.07) is 52.8. The highest BCUT2D eigenvalue weighted by atomic mass is 16.6. The van der Waals surface area contributed by atoms with Crippen LogP contribution in [0.3, 0.4) is 0 Å². The molecule has 0 radical (unpaired) electrons. The first-order valence-corrected chi connectivity index (χ1v) is 17.2.